The topological polar surface area (TPSA) is 88.2 Å². The van der Waals surface area contributed by atoms with Gasteiger partial charge in [0.05, 0.1) is 5.69 Å². The van der Waals surface area contributed by atoms with Gasteiger partial charge in [-0.25, -0.2) is 18.1 Å². The average Bonchev–Trinajstić information content (AvgIpc) is 3.02. The molecule has 0 saturated heterocycles. The molecule has 1 aromatic heterocycles. The van der Waals surface area contributed by atoms with Gasteiger partial charge < -0.3 is 5.32 Å². The second kappa shape index (κ2) is 8.89. The van der Waals surface area contributed by atoms with Crippen molar-refractivity contribution in [2.24, 2.45) is 0 Å². The molecule has 6 nitrogen and oxygen atoms in total. The molecule has 0 spiro atoms. The van der Waals surface area contributed by atoms with Crippen LogP contribution in [0.5, 0.6) is 0 Å². The summed E-state index contributed by atoms with van der Waals surface area (Å²) in [5.41, 5.74) is 1.71. The van der Waals surface area contributed by atoms with Gasteiger partial charge in [-0.15, -0.1) is 11.3 Å². The molecule has 8 heteroatoms. The molecule has 1 amide bonds. The highest BCUT2D eigenvalue weighted by Crippen LogP contribution is 2.21. The van der Waals surface area contributed by atoms with Crippen LogP contribution in [0, 0.1) is 0 Å². The fourth-order valence-electron chi connectivity index (χ4n) is 1.88. The van der Waals surface area contributed by atoms with Gasteiger partial charge in [-0.05, 0) is 17.6 Å². The minimum Gasteiger partial charge on any atom is -0.302 e. The molecule has 0 radical (unpaired) electrons. The first kappa shape index (κ1) is 19.3. The number of nitrogens with one attached hydrogen (secondary N) is 2. The van der Waals surface area contributed by atoms with Crippen LogP contribution in [0.4, 0.5) is 5.13 Å². The van der Waals surface area contributed by atoms with Crippen LogP contribution in [0.1, 0.15) is 37.4 Å². The van der Waals surface area contributed by atoms with Crippen molar-refractivity contribution in [1.82, 2.24) is 9.71 Å². The maximum Gasteiger partial charge on any atom is 0.233 e. The Kier molecular flexibility index (Phi) is 6.86. The third-order valence-electron chi connectivity index (χ3n) is 3.25. The van der Waals surface area contributed by atoms with Crippen LogP contribution in [0.25, 0.3) is 6.08 Å². The Hall–Kier alpha value is -2.03. The van der Waals surface area contributed by atoms with Gasteiger partial charge in [0.1, 0.15) is 0 Å². The van der Waals surface area contributed by atoms with Crippen molar-refractivity contribution in [3.05, 3.63) is 52.4 Å². The number of sulfonamides is 1. The lowest BCUT2D eigenvalue weighted by atomic mass is 10.2. The summed E-state index contributed by atoms with van der Waals surface area (Å²) in [6.45, 7) is 4.08. The molecule has 0 atom stereocenters. The molecule has 2 rings (SSSR count). The van der Waals surface area contributed by atoms with Crippen LogP contribution in [0.15, 0.2) is 41.1 Å². The average molecular weight is 380 g/mol. The number of rotatable bonds is 8. The molecule has 134 valence electrons. The summed E-state index contributed by atoms with van der Waals surface area (Å²) >= 11 is 1.36. The number of carbonyl (C=O) groups is 1. The fourth-order valence-corrected chi connectivity index (χ4v) is 3.58. The summed E-state index contributed by atoms with van der Waals surface area (Å²) in [6.07, 6.45) is 1.54. The van der Waals surface area contributed by atoms with Gasteiger partial charge in [-0.2, -0.15) is 0 Å². The highest BCUT2D eigenvalue weighted by molar-refractivity contribution is 7.92. The van der Waals surface area contributed by atoms with Crippen molar-refractivity contribution in [2.75, 3.05) is 11.9 Å². The molecule has 2 N–H and O–H groups in total. The van der Waals surface area contributed by atoms with E-state index in [1.165, 1.54) is 17.4 Å². The number of amides is 1. The highest BCUT2D eigenvalue weighted by Gasteiger charge is 2.10. The van der Waals surface area contributed by atoms with Crippen molar-refractivity contribution in [3.63, 3.8) is 0 Å². The van der Waals surface area contributed by atoms with Crippen LogP contribution in [0.3, 0.4) is 0 Å². The Balaban J connectivity index is 1.78. The first-order chi connectivity index (χ1) is 11.9. The highest BCUT2D eigenvalue weighted by atomic mass is 32.2. The lowest BCUT2D eigenvalue weighted by Gasteiger charge is -2.03. The Morgan fingerprint density at radius 1 is 1.28 bits per heavy atom. The molecule has 0 aliphatic rings. The Morgan fingerprint density at radius 2 is 2.00 bits per heavy atom. The lowest BCUT2D eigenvalue weighted by Crippen LogP contribution is -2.26. The van der Waals surface area contributed by atoms with E-state index < -0.39 is 10.0 Å². The Morgan fingerprint density at radius 3 is 2.64 bits per heavy atom. The Bertz CT molecular complexity index is 828. The van der Waals surface area contributed by atoms with E-state index in [-0.39, 0.29) is 18.9 Å². The van der Waals surface area contributed by atoms with E-state index in [1.807, 2.05) is 37.4 Å². The minimum atomic E-state index is -3.58. The SMILES string of the molecule is CC(C)c1csc(NC(=O)CCNS(=O)(=O)/C=C/c2ccccc2)n1. The quantitative estimate of drug-likeness (QED) is 0.737. The van der Waals surface area contributed by atoms with Gasteiger partial charge in [0, 0.05) is 23.8 Å². The van der Waals surface area contributed by atoms with E-state index in [1.54, 1.807) is 12.1 Å². The molecule has 0 aliphatic heterocycles. The summed E-state index contributed by atoms with van der Waals surface area (Å²) in [6, 6.07) is 9.12. The lowest BCUT2D eigenvalue weighted by molar-refractivity contribution is -0.116. The first-order valence-electron chi connectivity index (χ1n) is 7.84. The molecule has 0 saturated carbocycles. The first-order valence-corrected chi connectivity index (χ1v) is 10.3. The number of carbonyl (C=O) groups excluding carboxylic acids is 1. The van der Waals surface area contributed by atoms with Gasteiger partial charge in [-0.1, -0.05) is 44.2 Å². The fraction of sp³-hybridized carbons (Fsp3) is 0.294. The van der Waals surface area contributed by atoms with E-state index in [9.17, 15) is 13.2 Å². The molecule has 1 heterocycles. The van der Waals surface area contributed by atoms with Crippen molar-refractivity contribution >= 4 is 38.5 Å². The largest absolute Gasteiger partial charge is 0.302 e. The van der Waals surface area contributed by atoms with Crippen molar-refractivity contribution in [2.45, 2.75) is 26.2 Å². The van der Waals surface area contributed by atoms with Gasteiger partial charge >= 0.3 is 0 Å². The van der Waals surface area contributed by atoms with E-state index in [4.69, 9.17) is 0 Å². The summed E-state index contributed by atoms with van der Waals surface area (Å²) in [4.78, 5) is 16.2. The van der Waals surface area contributed by atoms with Crippen LogP contribution in [0.2, 0.25) is 0 Å². The zero-order valence-corrected chi connectivity index (χ0v) is 15.7. The molecule has 0 aliphatic carbocycles. The second-order valence-electron chi connectivity index (χ2n) is 5.68. The maximum absolute atomic E-state index is 11.9. The number of anilines is 1. The third kappa shape index (κ3) is 6.77. The van der Waals surface area contributed by atoms with Crippen LogP contribution < -0.4 is 10.0 Å². The monoisotopic (exact) mass is 379 g/mol. The van der Waals surface area contributed by atoms with Crippen molar-refractivity contribution in [1.29, 1.82) is 0 Å². The normalized spacial score (nSPS) is 12.0. The standard InChI is InChI=1S/C17H21N3O3S2/c1-13(2)15-12-24-17(19-15)20-16(21)8-10-18-25(22,23)11-9-14-6-4-3-5-7-14/h3-7,9,11-13,18H,8,10H2,1-2H3,(H,19,20,21)/b11-9+. The maximum atomic E-state index is 11.9. The molecular weight excluding hydrogens is 358 g/mol. The predicted molar refractivity (Wildman–Crippen MR) is 102 cm³/mol. The third-order valence-corrected chi connectivity index (χ3v) is 5.13. The molecule has 0 fully saturated rings. The van der Waals surface area contributed by atoms with Crippen LogP contribution in [-0.2, 0) is 14.8 Å². The van der Waals surface area contributed by atoms with Crippen molar-refractivity contribution < 1.29 is 13.2 Å². The second-order valence-corrected chi connectivity index (χ2v) is 8.19. The zero-order chi connectivity index (χ0) is 18.3. The van der Waals surface area contributed by atoms with Gasteiger partial charge in [0.15, 0.2) is 5.13 Å². The van der Waals surface area contributed by atoms with E-state index in [0.717, 1.165) is 16.7 Å². The molecule has 1 aromatic carbocycles. The van der Waals surface area contributed by atoms with E-state index in [0.29, 0.717) is 11.0 Å². The number of benzene rings is 1. The number of hydrogen-bond acceptors (Lipinski definition) is 5. The smallest absolute Gasteiger partial charge is 0.233 e. The van der Waals surface area contributed by atoms with Crippen LogP contribution in [-0.4, -0.2) is 25.9 Å². The van der Waals surface area contributed by atoms with Gasteiger partial charge in [0.25, 0.3) is 0 Å². The molecule has 0 bridgehead atoms. The van der Waals surface area contributed by atoms with Gasteiger partial charge in [0.2, 0.25) is 15.9 Å². The number of thiazole rings is 1. The van der Waals surface area contributed by atoms with Crippen LogP contribution >= 0.6 is 11.3 Å². The summed E-state index contributed by atoms with van der Waals surface area (Å²) < 4.78 is 26.1. The molecule has 25 heavy (non-hydrogen) atoms. The Labute approximate surface area is 152 Å². The number of hydrogen-bond donors (Lipinski definition) is 2. The van der Waals surface area contributed by atoms with Gasteiger partial charge in [-0.3, -0.25) is 4.79 Å². The summed E-state index contributed by atoms with van der Waals surface area (Å²) in [5, 5.41) is 6.20. The molecule has 2 aromatic rings. The van der Waals surface area contributed by atoms with Crippen molar-refractivity contribution in [3.8, 4) is 0 Å². The summed E-state index contributed by atoms with van der Waals surface area (Å²) in [7, 11) is -3.58. The zero-order valence-electron chi connectivity index (χ0n) is 14.1. The summed E-state index contributed by atoms with van der Waals surface area (Å²) in [5.74, 6) is 0.0181. The predicted octanol–water partition coefficient (Wildman–Crippen LogP) is 3.19. The van der Waals surface area contributed by atoms with E-state index >= 15 is 0 Å². The van der Waals surface area contributed by atoms with E-state index in [2.05, 4.69) is 15.0 Å². The molecule has 0 unspecified atom stereocenters. The minimum absolute atomic E-state index is 0.0235. The number of nitrogens with zero attached hydrogens (tertiary/aromatic N) is 1. The molecular formula is C17H21N3O3S2. The number of aromatic nitrogens is 1.